The second kappa shape index (κ2) is 9.11. The molecule has 1 aliphatic rings. The van der Waals surface area contributed by atoms with E-state index in [9.17, 15) is 0 Å². The number of H-pyrrole nitrogens is 1. The summed E-state index contributed by atoms with van der Waals surface area (Å²) in [5.41, 5.74) is 4.03. The zero-order valence-electron chi connectivity index (χ0n) is 14.4. The third-order valence-corrected chi connectivity index (χ3v) is 4.53. The van der Waals surface area contributed by atoms with Crippen molar-refractivity contribution in [2.45, 2.75) is 38.6 Å². The number of nitrogens with zero attached hydrogens (tertiary/aromatic N) is 1. The minimum atomic E-state index is 0. The van der Waals surface area contributed by atoms with Crippen LogP contribution in [-0.2, 0) is 12.8 Å². The number of halogens is 1. The number of fused-ring (bicyclic) bond motifs is 1. The van der Waals surface area contributed by atoms with Gasteiger partial charge in [-0.1, -0.05) is 37.3 Å². The summed E-state index contributed by atoms with van der Waals surface area (Å²) in [4.78, 5) is 7.76. The van der Waals surface area contributed by atoms with Gasteiger partial charge >= 0.3 is 0 Å². The van der Waals surface area contributed by atoms with Crippen LogP contribution in [0, 0.1) is 0 Å². The molecule has 2 aromatic rings. The van der Waals surface area contributed by atoms with E-state index < -0.39 is 0 Å². The minimum Gasteiger partial charge on any atom is -0.361 e. The summed E-state index contributed by atoms with van der Waals surface area (Å²) in [6, 6.07) is 7.04. The Morgan fingerprint density at radius 3 is 2.75 bits per heavy atom. The van der Waals surface area contributed by atoms with E-state index in [0.29, 0.717) is 6.04 Å². The molecule has 0 fully saturated rings. The van der Waals surface area contributed by atoms with Gasteiger partial charge in [-0.15, -0.1) is 24.0 Å². The van der Waals surface area contributed by atoms with Crippen molar-refractivity contribution >= 4 is 40.8 Å². The Labute approximate surface area is 161 Å². The van der Waals surface area contributed by atoms with Gasteiger partial charge in [-0.2, -0.15) is 0 Å². The average molecular weight is 438 g/mol. The van der Waals surface area contributed by atoms with E-state index in [0.717, 1.165) is 38.2 Å². The maximum atomic E-state index is 4.32. The van der Waals surface area contributed by atoms with Gasteiger partial charge in [0.2, 0.25) is 0 Å². The molecule has 3 rings (SSSR count). The monoisotopic (exact) mass is 438 g/mol. The molecule has 0 bridgehead atoms. The Bertz CT molecular complexity index is 709. The highest BCUT2D eigenvalue weighted by molar-refractivity contribution is 14.0. The van der Waals surface area contributed by atoms with E-state index in [2.05, 4.69) is 64.1 Å². The van der Waals surface area contributed by atoms with Crippen LogP contribution in [0.25, 0.3) is 10.9 Å². The fourth-order valence-corrected chi connectivity index (χ4v) is 3.22. The summed E-state index contributed by atoms with van der Waals surface area (Å²) in [6.07, 6.45) is 10.8. The van der Waals surface area contributed by atoms with Crippen LogP contribution in [0.2, 0.25) is 0 Å². The lowest BCUT2D eigenvalue weighted by Crippen LogP contribution is -2.43. The number of para-hydroxylation sites is 1. The number of aliphatic imine (C=N–C) groups is 1. The number of guanidine groups is 1. The van der Waals surface area contributed by atoms with Crippen LogP contribution in [0.5, 0.6) is 0 Å². The van der Waals surface area contributed by atoms with Crippen LogP contribution in [0.15, 0.2) is 41.5 Å². The number of nitrogens with one attached hydrogen (secondary N) is 3. The van der Waals surface area contributed by atoms with Gasteiger partial charge in [-0.05, 0) is 36.8 Å². The van der Waals surface area contributed by atoms with Crippen LogP contribution < -0.4 is 10.6 Å². The van der Waals surface area contributed by atoms with Crippen molar-refractivity contribution in [3.8, 4) is 0 Å². The third-order valence-electron chi connectivity index (χ3n) is 4.53. The molecule has 0 saturated carbocycles. The van der Waals surface area contributed by atoms with Crippen LogP contribution in [-0.4, -0.2) is 30.6 Å². The summed E-state index contributed by atoms with van der Waals surface area (Å²) in [5, 5.41) is 8.24. The second-order valence-corrected chi connectivity index (χ2v) is 6.04. The third kappa shape index (κ3) is 4.32. The van der Waals surface area contributed by atoms with Gasteiger partial charge in [-0.25, -0.2) is 0 Å². The van der Waals surface area contributed by atoms with E-state index in [4.69, 9.17) is 0 Å². The normalized spacial score (nSPS) is 14.8. The average Bonchev–Trinajstić information content (AvgIpc) is 3.23. The summed E-state index contributed by atoms with van der Waals surface area (Å²) in [6.45, 7) is 3.08. The van der Waals surface area contributed by atoms with Crippen LogP contribution >= 0.6 is 24.0 Å². The lowest BCUT2D eigenvalue weighted by Gasteiger charge is -2.16. The molecule has 0 amide bonds. The molecule has 24 heavy (non-hydrogen) atoms. The number of hydrogen-bond acceptors (Lipinski definition) is 1. The first-order valence-electron chi connectivity index (χ1n) is 8.51. The fraction of sp³-hybridized carbons (Fsp3) is 0.421. The lowest BCUT2D eigenvalue weighted by atomic mass is 10.1. The Kier molecular flexibility index (Phi) is 7.15. The first kappa shape index (κ1) is 18.8. The van der Waals surface area contributed by atoms with Gasteiger partial charge in [0.05, 0.1) is 0 Å². The maximum Gasteiger partial charge on any atom is 0.191 e. The molecule has 0 aliphatic heterocycles. The molecular weight excluding hydrogens is 411 g/mol. The molecule has 0 spiro atoms. The summed E-state index contributed by atoms with van der Waals surface area (Å²) in [7, 11) is 1.83. The lowest BCUT2D eigenvalue weighted by molar-refractivity contribution is 0.633. The van der Waals surface area contributed by atoms with Gasteiger partial charge in [0.15, 0.2) is 5.96 Å². The number of benzene rings is 1. The molecule has 0 atom stereocenters. The predicted octanol–water partition coefficient (Wildman–Crippen LogP) is 3.77. The number of aromatic nitrogens is 1. The zero-order chi connectivity index (χ0) is 16.1. The van der Waals surface area contributed by atoms with E-state index in [1.165, 1.54) is 22.0 Å². The molecule has 1 heterocycles. The Morgan fingerprint density at radius 1 is 1.25 bits per heavy atom. The molecule has 5 heteroatoms. The van der Waals surface area contributed by atoms with Crippen molar-refractivity contribution in [2.24, 2.45) is 4.99 Å². The molecule has 0 saturated heterocycles. The van der Waals surface area contributed by atoms with Gasteiger partial charge in [0, 0.05) is 36.7 Å². The largest absolute Gasteiger partial charge is 0.361 e. The van der Waals surface area contributed by atoms with E-state index in [1.807, 2.05) is 7.05 Å². The van der Waals surface area contributed by atoms with E-state index >= 15 is 0 Å². The minimum absolute atomic E-state index is 0. The molecule has 1 aliphatic carbocycles. The van der Waals surface area contributed by atoms with Gasteiger partial charge < -0.3 is 15.6 Å². The predicted molar refractivity (Wildman–Crippen MR) is 113 cm³/mol. The summed E-state index contributed by atoms with van der Waals surface area (Å²) >= 11 is 0. The van der Waals surface area contributed by atoms with Crippen LogP contribution in [0.4, 0.5) is 0 Å². The van der Waals surface area contributed by atoms with E-state index in [-0.39, 0.29) is 24.0 Å². The molecule has 0 unspecified atom stereocenters. The Balaban J connectivity index is 0.00000208. The maximum absolute atomic E-state index is 4.32. The van der Waals surface area contributed by atoms with Gasteiger partial charge in [0.1, 0.15) is 0 Å². The topological polar surface area (TPSA) is 52.2 Å². The van der Waals surface area contributed by atoms with Gasteiger partial charge in [-0.3, -0.25) is 4.99 Å². The van der Waals surface area contributed by atoms with Crippen LogP contribution in [0.1, 0.15) is 30.9 Å². The highest BCUT2D eigenvalue weighted by atomic mass is 127. The quantitative estimate of drug-likeness (QED) is 0.288. The van der Waals surface area contributed by atoms with Crippen molar-refractivity contribution in [3.05, 3.63) is 47.7 Å². The van der Waals surface area contributed by atoms with Crippen molar-refractivity contribution in [1.29, 1.82) is 0 Å². The molecule has 130 valence electrons. The molecule has 4 nitrogen and oxygen atoms in total. The van der Waals surface area contributed by atoms with Crippen molar-refractivity contribution in [3.63, 3.8) is 0 Å². The zero-order valence-corrected chi connectivity index (χ0v) is 16.8. The van der Waals surface area contributed by atoms with Crippen molar-refractivity contribution < 1.29 is 0 Å². The SMILES string of the molecule is CCc1cccc2c(CCNC(=NC)NC3CC=CC3)c[nH]c12.I. The highest BCUT2D eigenvalue weighted by Gasteiger charge is 2.11. The van der Waals surface area contributed by atoms with Crippen molar-refractivity contribution in [2.75, 3.05) is 13.6 Å². The number of aryl methyl sites for hydroxylation is 1. The smallest absolute Gasteiger partial charge is 0.191 e. The Hall–Kier alpha value is -1.50. The molecule has 1 aromatic carbocycles. The number of hydrogen-bond donors (Lipinski definition) is 3. The first-order chi connectivity index (χ1) is 11.3. The molecule has 0 radical (unpaired) electrons. The first-order valence-corrected chi connectivity index (χ1v) is 8.51. The van der Waals surface area contributed by atoms with E-state index in [1.54, 1.807) is 0 Å². The molecule has 3 N–H and O–H groups in total. The summed E-state index contributed by atoms with van der Waals surface area (Å²) < 4.78 is 0. The second-order valence-electron chi connectivity index (χ2n) is 6.04. The van der Waals surface area contributed by atoms with Gasteiger partial charge in [0.25, 0.3) is 0 Å². The highest BCUT2D eigenvalue weighted by Crippen LogP contribution is 2.22. The fourth-order valence-electron chi connectivity index (χ4n) is 3.22. The summed E-state index contributed by atoms with van der Waals surface area (Å²) in [5.74, 6) is 0.896. The van der Waals surface area contributed by atoms with Crippen LogP contribution in [0.3, 0.4) is 0 Å². The number of rotatable bonds is 5. The number of aromatic amines is 1. The molecular formula is C19H27IN4. The van der Waals surface area contributed by atoms with Crippen molar-refractivity contribution in [1.82, 2.24) is 15.6 Å². The standard InChI is InChI=1S/C19H26N4.HI/c1-3-14-7-6-10-17-15(13-22-18(14)17)11-12-21-19(20-2)23-16-8-4-5-9-16;/h4-7,10,13,16,22H,3,8-9,11-12H2,1-2H3,(H2,20,21,23);1H. The Morgan fingerprint density at radius 2 is 2.04 bits per heavy atom. The molecule has 1 aromatic heterocycles.